The SMILES string of the molecule is CC(C)(C)c1ccc(Nc2cc3c(cc2-c2ccc4c5cc6c(cc5n5c4c2[B]c2cc4c(cc2-5)oc2ccccc24)sc2ccccc26)sc2ccccc23)cc1. The smallest absolute Gasteiger partial charge is 0.197 e. The molecule has 13 rings (SSSR count). The zero-order valence-electron chi connectivity index (χ0n) is 32.1. The third kappa shape index (κ3) is 4.61. The molecule has 5 heterocycles. The van der Waals surface area contributed by atoms with Crippen LogP contribution in [-0.2, 0) is 5.41 Å². The van der Waals surface area contributed by atoms with E-state index in [1.54, 1.807) is 0 Å². The predicted octanol–water partition coefficient (Wildman–Crippen LogP) is 14.1. The van der Waals surface area contributed by atoms with Crippen LogP contribution in [-0.4, -0.2) is 11.8 Å². The van der Waals surface area contributed by atoms with Gasteiger partial charge >= 0.3 is 0 Å². The maximum Gasteiger partial charge on any atom is 0.197 e. The first-order valence-electron chi connectivity index (χ1n) is 19.9. The summed E-state index contributed by atoms with van der Waals surface area (Å²) in [7, 11) is 2.43. The number of aromatic nitrogens is 1. The van der Waals surface area contributed by atoms with Gasteiger partial charge in [0.1, 0.15) is 11.2 Å². The second-order valence-corrected chi connectivity index (χ2v) is 19.0. The van der Waals surface area contributed by atoms with Crippen molar-refractivity contribution in [2.75, 3.05) is 5.32 Å². The first-order valence-corrected chi connectivity index (χ1v) is 21.5. The van der Waals surface area contributed by atoms with Gasteiger partial charge in [0, 0.05) is 96.1 Å². The van der Waals surface area contributed by atoms with Crippen LogP contribution in [0.1, 0.15) is 26.3 Å². The molecule has 1 aliphatic rings. The van der Waals surface area contributed by atoms with Gasteiger partial charge in [-0.25, -0.2) is 0 Å². The van der Waals surface area contributed by atoms with E-state index < -0.39 is 0 Å². The quantitative estimate of drug-likeness (QED) is 0.181. The minimum absolute atomic E-state index is 0.0807. The number of anilines is 2. The summed E-state index contributed by atoms with van der Waals surface area (Å²) in [5, 5.41) is 13.9. The van der Waals surface area contributed by atoms with Crippen molar-refractivity contribution in [2.45, 2.75) is 26.2 Å². The Morgan fingerprint density at radius 3 is 1.98 bits per heavy atom. The van der Waals surface area contributed by atoms with E-state index in [0.29, 0.717) is 0 Å². The average molecular weight is 778 g/mol. The van der Waals surface area contributed by atoms with Gasteiger partial charge in [-0.15, -0.1) is 22.7 Å². The summed E-state index contributed by atoms with van der Waals surface area (Å²) < 4.78 is 14.3. The number of fused-ring (bicyclic) bond motifs is 14. The molecule has 0 fully saturated rings. The topological polar surface area (TPSA) is 30.1 Å². The number of rotatable bonds is 3. The van der Waals surface area contributed by atoms with Crippen molar-refractivity contribution in [3.8, 4) is 16.8 Å². The number of nitrogens with zero attached hydrogens (tertiary/aromatic N) is 1. The number of thiophene rings is 2. The summed E-state index contributed by atoms with van der Waals surface area (Å²) in [6, 6.07) is 54.0. The Bertz CT molecular complexity index is 3720. The van der Waals surface area contributed by atoms with Crippen molar-refractivity contribution in [1.29, 1.82) is 0 Å². The van der Waals surface area contributed by atoms with Gasteiger partial charge < -0.3 is 14.3 Å². The molecule has 4 aromatic heterocycles. The van der Waals surface area contributed by atoms with Crippen molar-refractivity contribution < 1.29 is 4.42 Å². The van der Waals surface area contributed by atoms with Gasteiger partial charge in [-0.1, -0.05) is 111 Å². The van der Waals surface area contributed by atoms with Crippen molar-refractivity contribution in [3.63, 3.8) is 0 Å². The lowest BCUT2D eigenvalue weighted by Gasteiger charge is -2.24. The first kappa shape index (κ1) is 32.7. The van der Waals surface area contributed by atoms with Crippen LogP contribution >= 0.6 is 22.7 Å². The van der Waals surface area contributed by atoms with Crippen LogP contribution in [0, 0.1) is 0 Å². The summed E-state index contributed by atoms with van der Waals surface area (Å²) in [6.07, 6.45) is 0. The summed E-state index contributed by atoms with van der Waals surface area (Å²) in [5.74, 6) is 0. The van der Waals surface area contributed by atoms with E-state index in [1.807, 2.05) is 22.7 Å². The molecule has 0 saturated heterocycles. The number of benzene rings is 8. The fraction of sp³-hybridized carbons (Fsp3) is 0.0769. The molecule has 0 bridgehead atoms. The number of hydrogen-bond acceptors (Lipinski definition) is 4. The highest BCUT2D eigenvalue weighted by molar-refractivity contribution is 7.26. The highest BCUT2D eigenvalue weighted by Crippen LogP contribution is 2.45. The van der Waals surface area contributed by atoms with Gasteiger partial charge in [0.2, 0.25) is 0 Å². The molecule has 3 nitrogen and oxygen atoms in total. The van der Waals surface area contributed by atoms with Crippen LogP contribution in [0.3, 0.4) is 0 Å². The Morgan fingerprint density at radius 2 is 1.22 bits per heavy atom. The summed E-state index contributed by atoms with van der Waals surface area (Å²) in [4.78, 5) is 0. The normalized spacial score (nSPS) is 12.9. The van der Waals surface area contributed by atoms with Gasteiger partial charge in [-0.2, -0.15) is 0 Å². The Morgan fingerprint density at radius 1 is 0.534 bits per heavy atom. The molecule has 8 aromatic carbocycles. The fourth-order valence-corrected chi connectivity index (χ4v) is 11.8. The van der Waals surface area contributed by atoms with E-state index in [2.05, 4.69) is 184 Å². The van der Waals surface area contributed by atoms with Crippen LogP contribution in [0.25, 0.3) is 101 Å². The second-order valence-electron chi connectivity index (χ2n) is 16.8. The Balaban J connectivity index is 1.11. The van der Waals surface area contributed by atoms with Gasteiger partial charge in [0.25, 0.3) is 0 Å². The predicted molar refractivity (Wildman–Crippen MR) is 253 cm³/mol. The third-order valence-corrected chi connectivity index (χ3v) is 14.6. The van der Waals surface area contributed by atoms with Crippen LogP contribution in [0.2, 0.25) is 0 Å². The van der Waals surface area contributed by atoms with Crippen LogP contribution in [0.5, 0.6) is 0 Å². The Kier molecular flexibility index (Phi) is 6.56. The molecule has 0 saturated carbocycles. The molecule has 0 atom stereocenters. The summed E-state index contributed by atoms with van der Waals surface area (Å²) in [6.45, 7) is 6.80. The number of para-hydroxylation sites is 1. The molecule has 0 amide bonds. The van der Waals surface area contributed by atoms with Crippen molar-refractivity contribution >= 4 is 136 Å². The Hall–Kier alpha value is -6.34. The van der Waals surface area contributed by atoms with E-state index in [0.717, 1.165) is 39.0 Å². The Labute approximate surface area is 343 Å². The minimum Gasteiger partial charge on any atom is -0.456 e. The molecule has 58 heavy (non-hydrogen) atoms. The highest BCUT2D eigenvalue weighted by Gasteiger charge is 2.29. The standard InChI is InChI=1S/C52H34BN2OS2/c1-52(2,3)28-16-18-29(19-17-28)54-41-24-39-32-12-6-9-15-47(32)57-48(39)25-35(41)33-20-21-34-36-22-38-31-11-5-8-14-46(31)58-49(38)27-42(36)55-43-26-45-37(23-40(43)53-50(33)51(34)55)30-10-4-7-13-44(30)56-45/h4-27,54H,1-3H3. The lowest BCUT2D eigenvalue weighted by molar-refractivity contribution is 0.590. The zero-order chi connectivity index (χ0) is 38.4. The molecule has 1 radical (unpaired) electrons. The third-order valence-electron chi connectivity index (χ3n) is 12.4. The molecular weight excluding hydrogens is 744 g/mol. The maximum absolute atomic E-state index is 6.53. The maximum atomic E-state index is 6.53. The van der Waals surface area contributed by atoms with Gasteiger partial charge in [-0.3, -0.25) is 0 Å². The molecule has 6 heteroatoms. The number of nitrogens with one attached hydrogen (secondary N) is 1. The van der Waals surface area contributed by atoms with E-state index in [-0.39, 0.29) is 5.41 Å². The van der Waals surface area contributed by atoms with E-state index in [1.165, 1.54) is 89.8 Å². The molecule has 0 spiro atoms. The zero-order valence-corrected chi connectivity index (χ0v) is 33.7. The lowest BCUT2D eigenvalue weighted by Crippen LogP contribution is -2.37. The fourth-order valence-electron chi connectivity index (χ4n) is 9.53. The average Bonchev–Trinajstić information content (AvgIpc) is 3.98. The molecule has 1 N–H and O–H groups in total. The van der Waals surface area contributed by atoms with Crippen molar-refractivity contribution in [2.24, 2.45) is 0 Å². The van der Waals surface area contributed by atoms with E-state index >= 15 is 0 Å². The van der Waals surface area contributed by atoms with E-state index in [9.17, 15) is 0 Å². The lowest BCUT2D eigenvalue weighted by atomic mass is 9.59. The van der Waals surface area contributed by atoms with E-state index in [4.69, 9.17) is 4.42 Å². The molecule has 0 aliphatic carbocycles. The number of hydrogen-bond donors (Lipinski definition) is 1. The summed E-state index contributed by atoms with van der Waals surface area (Å²) in [5.41, 5.74) is 13.8. The van der Waals surface area contributed by atoms with Crippen molar-refractivity contribution in [1.82, 2.24) is 4.57 Å². The molecule has 273 valence electrons. The van der Waals surface area contributed by atoms with Gasteiger partial charge in [-0.05, 0) is 76.6 Å². The summed E-state index contributed by atoms with van der Waals surface area (Å²) >= 11 is 3.75. The highest BCUT2D eigenvalue weighted by atomic mass is 32.1. The van der Waals surface area contributed by atoms with Crippen LogP contribution in [0.15, 0.2) is 150 Å². The monoisotopic (exact) mass is 777 g/mol. The largest absolute Gasteiger partial charge is 0.456 e. The van der Waals surface area contributed by atoms with Crippen LogP contribution < -0.4 is 16.2 Å². The van der Waals surface area contributed by atoms with Gasteiger partial charge in [0.05, 0.1) is 5.52 Å². The first-order chi connectivity index (χ1) is 28.3. The van der Waals surface area contributed by atoms with Crippen LogP contribution in [0.4, 0.5) is 11.4 Å². The molecular formula is C52H34BN2OS2. The van der Waals surface area contributed by atoms with Gasteiger partial charge in [0.15, 0.2) is 7.28 Å². The molecule has 0 unspecified atom stereocenters. The second kappa shape index (κ2) is 11.6. The number of furan rings is 1. The minimum atomic E-state index is 0.0807. The van der Waals surface area contributed by atoms with Crippen molar-refractivity contribution in [3.05, 3.63) is 151 Å². The molecule has 12 aromatic rings. The molecule has 1 aliphatic heterocycles.